The van der Waals surface area contributed by atoms with Gasteiger partial charge in [-0.15, -0.1) is 0 Å². The molecule has 2 heterocycles. The summed E-state index contributed by atoms with van der Waals surface area (Å²) in [5.41, 5.74) is 2.64. The number of rotatable bonds is 5. The first-order chi connectivity index (χ1) is 11.7. The normalized spacial score (nSPS) is 10.6. The highest BCUT2D eigenvalue weighted by atomic mass is 79.9. The summed E-state index contributed by atoms with van der Waals surface area (Å²) in [5.74, 6) is 0.883. The molecule has 0 aliphatic carbocycles. The summed E-state index contributed by atoms with van der Waals surface area (Å²) in [7, 11) is 0. The van der Waals surface area contributed by atoms with Crippen LogP contribution in [-0.4, -0.2) is 20.4 Å². The van der Waals surface area contributed by atoms with Crippen molar-refractivity contribution in [1.29, 1.82) is 0 Å². The van der Waals surface area contributed by atoms with Gasteiger partial charge in [-0.05, 0) is 39.7 Å². The van der Waals surface area contributed by atoms with Gasteiger partial charge in [0.1, 0.15) is 5.82 Å². The Balaban J connectivity index is 1.65. The molecule has 0 bridgehead atoms. The van der Waals surface area contributed by atoms with Crippen LogP contribution in [0.2, 0.25) is 0 Å². The zero-order valence-electron chi connectivity index (χ0n) is 13.2. The zero-order valence-corrected chi connectivity index (χ0v) is 14.8. The minimum absolute atomic E-state index is 0.143. The molecule has 5 nitrogen and oxygen atoms in total. The Labute approximate surface area is 148 Å². The van der Waals surface area contributed by atoms with Gasteiger partial charge in [-0.2, -0.15) is 0 Å². The number of imidazole rings is 1. The second-order valence-electron chi connectivity index (χ2n) is 5.31. The van der Waals surface area contributed by atoms with Gasteiger partial charge in [0.05, 0.1) is 5.56 Å². The lowest BCUT2D eigenvalue weighted by Gasteiger charge is -2.09. The smallest absolute Gasteiger partial charge is 0.253 e. The SMILES string of the molecule is CCc1nccn1-c1ccc(CNC(=O)c2cncc(Br)c2)cc1. The van der Waals surface area contributed by atoms with Gasteiger partial charge in [0, 0.05) is 47.9 Å². The molecule has 0 atom stereocenters. The van der Waals surface area contributed by atoms with Crippen LogP contribution in [0.1, 0.15) is 28.7 Å². The standard InChI is InChI=1S/C18H17BrN4O/c1-2-17-21-7-8-23(17)16-5-3-13(4-6-16)10-22-18(24)14-9-15(19)12-20-11-14/h3-9,11-12H,2,10H2,1H3,(H,22,24). The molecule has 0 radical (unpaired) electrons. The molecule has 0 saturated carbocycles. The quantitative estimate of drug-likeness (QED) is 0.731. The highest BCUT2D eigenvalue weighted by molar-refractivity contribution is 9.10. The number of aryl methyl sites for hydroxylation is 1. The van der Waals surface area contributed by atoms with E-state index in [0.29, 0.717) is 12.1 Å². The summed E-state index contributed by atoms with van der Waals surface area (Å²) < 4.78 is 2.85. The van der Waals surface area contributed by atoms with E-state index in [4.69, 9.17) is 0 Å². The van der Waals surface area contributed by atoms with Crippen LogP contribution in [0.3, 0.4) is 0 Å². The average Bonchev–Trinajstić information content (AvgIpc) is 3.09. The number of carbonyl (C=O) groups excluding carboxylic acids is 1. The fraction of sp³-hybridized carbons (Fsp3) is 0.167. The Bertz CT molecular complexity index is 842. The van der Waals surface area contributed by atoms with Crippen LogP contribution in [0.15, 0.2) is 59.6 Å². The van der Waals surface area contributed by atoms with E-state index in [1.165, 1.54) is 0 Å². The van der Waals surface area contributed by atoms with E-state index in [0.717, 1.165) is 28.0 Å². The minimum atomic E-state index is -0.143. The molecule has 0 fully saturated rings. The molecule has 6 heteroatoms. The van der Waals surface area contributed by atoms with E-state index in [1.54, 1.807) is 24.7 Å². The number of benzene rings is 1. The number of hydrogen-bond acceptors (Lipinski definition) is 3. The van der Waals surface area contributed by atoms with E-state index in [-0.39, 0.29) is 5.91 Å². The molecule has 0 saturated heterocycles. The van der Waals surface area contributed by atoms with Crippen LogP contribution < -0.4 is 5.32 Å². The Morgan fingerprint density at radius 2 is 2.04 bits per heavy atom. The molecule has 24 heavy (non-hydrogen) atoms. The van der Waals surface area contributed by atoms with Gasteiger partial charge in [0.2, 0.25) is 0 Å². The number of halogens is 1. The Hall–Kier alpha value is -2.47. The first kappa shape index (κ1) is 16.4. The van der Waals surface area contributed by atoms with Gasteiger partial charge in [-0.25, -0.2) is 4.98 Å². The number of carbonyl (C=O) groups is 1. The third kappa shape index (κ3) is 3.71. The maximum atomic E-state index is 12.1. The maximum absolute atomic E-state index is 12.1. The lowest BCUT2D eigenvalue weighted by molar-refractivity contribution is 0.0950. The highest BCUT2D eigenvalue weighted by Crippen LogP contribution is 2.13. The van der Waals surface area contributed by atoms with Crippen LogP contribution in [0.4, 0.5) is 0 Å². The fourth-order valence-corrected chi connectivity index (χ4v) is 2.79. The second kappa shape index (κ2) is 7.40. The summed E-state index contributed by atoms with van der Waals surface area (Å²) in [6.07, 6.45) is 7.84. The van der Waals surface area contributed by atoms with Gasteiger partial charge < -0.3 is 9.88 Å². The molecule has 0 unspecified atom stereocenters. The number of nitrogens with zero attached hydrogens (tertiary/aromatic N) is 3. The Morgan fingerprint density at radius 1 is 1.25 bits per heavy atom. The van der Waals surface area contributed by atoms with Crippen LogP contribution in [0.25, 0.3) is 5.69 Å². The molecule has 1 N–H and O–H groups in total. The lowest BCUT2D eigenvalue weighted by Crippen LogP contribution is -2.22. The highest BCUT2D eigenvalue weighted by Gasteiger charge is 2.07. The molecule has 1 amide bonds. The van der Waals surface area contributed by atoms with Gasteiger partial charge >= 0.3 is 0 Å². The van der Waals surface area contributed by atoms with Crippen LogP contribution in [-0.2, 0) is 13.0 Å². The van der Waals surface area contributed by atoms with E-state index < -0.39 is 0 Å². The van der Waals surface area contributed by atoms with Crippen molar-refractivity contribution in [2.24, 2.45) is 0 Å². The van der Waals surface area contributed by atoms with Crippen LogP contribution in [0.5, 0.6) is 0 Å². The molecule has 0 aliphatic heterocycles. The summed E-state index contributed by atoms with van der Waals surface area (Å²) in [6.45, 7) is 2.55. The molecule has 3 rings (SSSR count). The van der Waals surface area contributed by atoms with Crippen molar-refractivity contribution in [3.8, 4) is 5.69 Å². The van der Waals surface area contributed by atoms with E-state index >= 15 is 0 Å². The van der Waals surface area contributed by atoms with Gasteiger partial charge in [-0.1, -0.05) is 19.1 Å². The van der Waals surface area contributed by atoms with Crippen molar-refractivity contribution in [1.82, 2.24) is 19.9 Å². The van der Waals surface area contributed by atoms with Gasteiger partial charge in [0.15, 0.2) is 0 Å². The molecule has 122 valence electrons. The topological polar surface area (TPSA) is 59.8 Å². The molecule has 2 aromatic heterocycles. The largest absolute Gasteiger partial charge is 0.348 e. The van der Waals surface area contributed by atoms with Crippen molar-refractivity contribution in [2.75, 3.05) is 0 Å². The first-order valence-corrected chi connectivity index (χ1v) is 8.47. The third-order valence-corrected chi connectivity index (χ3v) is 4.10. The summed E-state index contributed by atoms with van der Waals surface area (Å²) in [6, 6.07) is 9.82. The summed E-state index contributed by atoms with van der Waals surface area (Å²) in [4.78, 5) is 20.5. The van der Waals surface area contributed by atoms with Crippen molar-refractivity contribution in [2.45, 2.75) is 19.9 Å². The molecular formula is C18H17BrN4O. The summed E-state index contributed by atoms with van der Waals surface area (Å²) in [5, 5.41) is 2.90. The number of nitrogens with one attached hydrogen (secondary N) is 1. The van der Waals surface area contributed by atoms with Crippen LogP contribution in [0, 0.1) is 0 Å². The molecular weight excluding hydrogens is 368 g/mol. The molecule has 3 aromatic rings. The predicted molar refractivity (Wildman–Crippen MR) is 96.0 cm³/mol. The van der Waals surface area contributed by atoms with Crippen molar-refractivity contribution >= 4 is 21.8 Å². The molecule has 1 aromatic carbocycles. The van der Waals surface area contributed by atoms with Crippen LogP contribution >= 0.6 is 15.9 Å². The minimum Gasteiger partial charge on any atom is -0.348 e. The fourth-order valence-electron chi connectivity index (χ4n) is 2.43. The number of hydrogen-bond donors (Lipinski definition) is 1. The Kier molecular flexibility index (Phi) is 5.05. The predicted octanol–water partition coefficient (Wildman–Crippen LogP) is 3.52. The summed E-state index contributed by atoms with van der Waals surface area (Å²) >= 11 is 3.32. The lowest BCUT2D eigenvalue weighted by atomic mass is 10.2. The zero-order chi connectivity index (χ0) is 16.9. The third-order valence-electron chi connectivity index (χ3n) is 3.67. The number of pyridine rings is 1. The number of amides is 1. The maximum Gasteiger partial charge on any atom is 0.253 e. The first-order valence-electron chi connectivity index (χ1n) is 7.67. The van der Waals surface area contributed by atoms with Crippen molar-refractivity contribution in [3.05, 3.63) is 76.5 Å². The van der Waals surface area contributed by atoms with Gasteiger partial charge in [0.25, 0.3) is 5.91 Å². The number of aromatic nitrogens is 3. The van der Waals surface area contributed by atoms with E-state index in [9.17, 15) is 4.79 Å². The monoisotopic (exact) mass is 384 g/mol. The van der Waals surface area contributed by atoms with E-state index in [2.05, 4.69) is 42.7 Å². The van der Waals surface area contributed by atoms with Gasteiger partial charge in [-0.3, -0.25) is 9.78 Å². The second-order valence-corrected chi connectivity index (χ2v) is 6.22. The van der Waals surface area contributed by atoms with Crippen molar-refractivity contribution in [3.63, 3.8) is 0 Å². The average molecular weight is 385 g/mol. The molecule has 0 aliphatic rings. The Morgan fingerprint density at radius 3 is 2.75 bits per heavy atom. The van der Waals surface area contributed by atoms with E-state index in [1.807, 2.05) is 30.5 Å². The van der Waals surface area contributed by atoms with Crippen molar-refractivity contribution < 1.29 is 4.79 Å². The molecule has 0 spiro atoms.